The second-order valence-corrected chi connectivity index (χ2v) is 10.5. The number of para-hydroxylation sites is 1. The number of ether oxygens (including phenoxy) is 5. The number of carbonyl (C=O) groups is 1. The third-order valence-corrected chi connectivity index (χ3v) is 7.28. The third kappa shape index (κ3) is 6.63. The van der Waals surface area contributed by atoms with Crippen molar-refractivity contribution in [2.24, 2.45) is 5.73 Å². The fourth-order valence-electron chi connectivity index (χ4n) is 5.10. The molecule has 0 saturated carbocycles. The quantitative estimate of drug-likeness (QED) is 0.159. The van der Waals surface area contributed by atoms with Crippen molar-refractivity contribution in [3.05, 3.63) is 124 Å². The molecule has 0 spiro atoms. The van der Waals surface area contributed by atoms with Gasteiger partial charge in [0.1, 0.15) is 35.5 Å². The summed E-state index contributed by atoms with van der Waals surface area (Å²) in [6.07, 6.45) is 0. The standard InChI is InChI=1S/C36H34N2O6/c1-5-40-32-17-26(13-16-30(32)41-20-25-11-9-22(2)10-12-25)34-28-15-14-27(18-31(28)44-36(38)29(34)19-37)43-33(39)21-42-35-23(3)7-6-8-24(35)4/h6-18,34H,5,20-21,38H2,1-4H3. The number of nitrogens with zero attached hydrogens (tertiary/aromatic N) is 1. The molecule has 0 bridgehead atoms. The maximum absolute atomic E-state index is 12.6. The maximum Gasteiger partial charge on any atom is 0.349 e. The van der Waals surface area contributed by atoms with Gasteiger partial charge in [0, 0.05) is 11.6 Å². The number of nitrogens with two attached hydrogens (primary N) is 1. The van der Waals surface area contributed by atoms with Crippen LogP contribution in [0, 0.1) is 32.1 Å². The summed E-state index contributed by atoms with van der Waals surface area (Å²) in [5.74, 6) is 1.31. The molecule has 5 rings (SSSR count). The summed E-state index contributed by atoms with van der Waals surface area (Å²) >= 11 is 0. The summed E-state index contributed by atoms with van der Waals surface area (Å²) in [7, 11) is 0. The number of carbonyl (C=O) groups excluding carboxylic acids is 1. The van der Waals surface area contributed by atoms with Gasteiger partial charge in [-0.3, -0.25) is 0 Å². The van der Waals surface area contributed by atoms with E-state index < -0.39 is 11.9 Å². The summed E-state index contributed by atoms with van der Waals surface area (Å²) in [6.45, 7) is 8.33. The van der Waals surface area contributed by atoms with Gasteiger partial charge in [-0.25, -0.2) is 4.79 Å². The van der Waals surface area contributed by atoms with E-state index in [1.165, 1.54) is 5.56 Å². The summed E-state index contributed by atoms with van der Waals surface area (Å²) in [6, 6.07) is 26.7. The molecule has 0 aromatic heterocycles. The van der Waals surface area contributed by atoms with Crippen LogP contribution in [0.4, 0.5) is 0 Å². The van der Waals surface area contributed by atoms with Crippen molar-refractivity contribution in [3.63, 3.8) is 0 Å². The predicted octanol–water partition coefficient (Wildman–Crippen LogP) is 6.79. The summed E-state index contributed by atoms with van der Waals surface area (Å²) < 4.78 is 29.1. The molecule has 2 N–H and O–H groups in total. The minimum atomic E-state index is -0.566. The van der Waals surface area contributed by atoms with Crippen LogP contribution in [0.3, 0.4) is 0 Å². The number of rotatable bonds is 10. The average molecular weight is 591 g/mol. The molecule has 4 aromatic carbocycles. The second-order valence-electron chi connectivity index (χ2n) is 10.5. The highest BCUT2D eigenvalue weighted by Crippen LogP contribution is 2.45. The molecule has 44 heavy (non-hydrogen) atoms. The highest BCUT2D eigenvalue weighted by atomic mass is 16.6. The van der Waals surface area contributed by atoms with Gasteiger partial charge in [0.05, 0.1) is 12.5 Å². The number of allylic oxidation sites excluding steroid dienone is 1. The van der Waals surface area contributed by atoms with Gasteiger partial charge in [-0.2, -0.15) is 5.26 Å². The van der Waals surface area contributed by atoms with E-state index in [1.54, 1.807) is 18.2 Å². The molecule has 1 heterocycles. The second kappa shape index (κ2) is 13.3. The van der Waals surface area contributed by atoms with E-state index in [4.69, 9.17) is 29.4 Å². The van der Waals surface area contributed by atoms with Gasteiger partial charge in [-0.1, -0.05) is 60.2 Å². The van der Waals surface area contributed by atoms with Crippen molar-refractivity contribution < 1.29 is 28.5 Å². The first kappa shape index (κ1) is 30.1. The van der Waals surface area contributed by atoms with E-state index >= 15 is 0 Å². The predicted molar refractivity (Wildman–Crippen MR) is 166 cm³/mol. The van der Waals surface area contributed by atoms with Crippen LogP contribution in [-0.4, -0.2) is 19.2 Å². The fourth-order valence-corrected chi connectivity index (χ4v) is 5.10. The smallest absolute Gasteiger partial charge is 0.349 e. The summed E-state index contributed by atoms with van der Waals surface area (Å²) in [5.41, 5.74) is 12.0. The first-order chi connectivity index (χ1) is 21.3. The van der Waals surface area contributed by atoms with Crippen LogP contribution < -0.4 is 29.4 Å². The van der Waals surface area contributed by atoms with Crippen LogP contribution in [0.25, 0.3) is 0 Å². The van der Waals surface area contributed by atoms with Gasteiger partial charge in [-0.05, 0) is 68.1 Å². The molecule has 8 nitrogen and oxygen atoms in total. The van der Waals surface area contributed by atoms with Crippen molar-refractivity contribution in [2.75, 3.05) is 13.2 Å². The first-order valence-electron chi connectivity index (χ1n) is 14.3. The zero-order valence-corrected chi connectivity index (χ0v) is 25.2. The molecule has 0 fully saturated rings. The van der Waals surface area contributed by atoms with Crippen LogP contribution in [0.5, 0.6) is 28.7 Å². The Bertz CT molecular complexity index is 1730. The van der Waals surface area contributed by atoms with Crippen LogP contribution in [-0.2, 0) is 11.4 Å². The van der Waals surface area contributed by atoms with Crippen molar-refractivity contribution >= 4 is 5.97 Å². The van der Waals surface area contributed by atoms with Gasteiger partial charge in [0.15, 0.2) is 18.1 Å². The van der Waals surface area contributed by atoms with Crippen LogP contribution in [0.2, 0.25) is 0 Å². The van der Waals surface area contributed by atoms with Crippen molar-refractivity contribution in [3.8, 4) is 34.8 Å². The molecule has 1 aliphatic rings. The molecule has 1 atom stereocenters. The van der Waals surface area contributed by atoms with Gasteiger partial charge in [0.2, 0.25) is 5.88 Å². The molecular formula is C36H34N2O6. The molecule has 0 aliphatic carbocycles. The number of benzene rings is 4. The average Bonchev–Trinajstić information content (AvgIpc) is 3.00. The van der Waals surface area contributed by atoms with E-state index in [-0.39, 0.29) is 23.8 Å². The molecule has 8 heteroatoms. The van der Waals surface area contributed by atoms with Gasteiger partial charge in [0.25, 0.3) is 0 Å². The number of fused-ring (bicyclic) bond motifs is 1. The van der Waals surface area contributed by atoms with Gasteiger partial charge < -0.3 is 29.4 Å². The van der Waals surface area contributed by atoms with Crippen LogP contribution in [0.1, 0.15) is 46.2 Å². The Morgan fingerprint density at radius 3 is 2.36 bits per heavy atom. The summed E-state index contributed by atoms with van der Waals surface area (Å²) in [4.78, 5) is 12.6. The fraction of sp³-hybridized carbons (Fsp3) is 0.222. The van der Waals surface area contributed by atoms with Crippen LogP contribution in [0.15, 0.2) is 90.3 Å². The van der Waals surface area contributed by atoms with E-state index in [9.17, 15) is 10.1 Å². The Hall–Kier alpha value is -5.42. The highest BCUT2D eigenvalue weighted by molar-refractivity contribution is 5.74. The van der Waals surface area contributed by atoms with Crippen molar-refractivity contribution in [2.45, 2.75) is 40.2 Å². The highest BCUT2D eigenvalue weighted by Gasteiger charge is 2.32. The zero-order valence-electron chi connectivity index (χ0n) is 25.2. The number of nitriles is 1. The molecule has 0 saturated heterocycles. The van der Waals surface area contributed by atoms with Crippen molar-refractivity contribution in [1.82, 2.24) is 0 Å². The van der Waals surface area contributed by atoms with E-state index in [0.29, 0.717) is 41.8 Å². The molecule has 1 aliphatic heterocycles. The van der Waals surface area contributed by atoms with E-state index in [0.717, 1.165) is 22.3 Å². The minimum Gasteiger partial charge on any atom is -0.490 e. The third-order valence-electron chi connectivity index (χ3n) is 7.28. The number of aryl methyl sites for hydroxylation is 3. The number of hydrogen-bond acceptors (Lipinski definition) is 8. The lowest BCUT2D eigenvalue weighted by Gasteiger charge is -2.27. The monoisotopic (exact) mass is 590 g/mol. The Balaban J connectivity index is 1.37. The normalized spacial score (nSPS) is 13.8. The lowest BCUT2D eigenvalue weighted by molar-refractivity contribution is -0.136. The minimum absolute atomic E-state index is 0.0236. The first-order valence-corrected chi connectivity index (χ1v) is 14.3. The topological polar surface area (TPSA) is 113 Å². The van der Waals surface area contributed by atoms with E-state index in [2.05, 4.69) is 6.07 Å². The van der Waals surface area contributed by atoms with Gasteiger partial charge in [-0.15, -0.1) is 0 Å². The van der Waals surface area contributed by atoms with Crippen LogP contribution >= 0.6 is 0 Å². The molecule has 0 radical (unpaired) electrons. The molecular weight excluding hydrogens is 556 g/mol. The maximum atomic E-state index is 12.6. The lowest BCUT2D eigenvalue weighted by atomic mass is 9.83. The Morgan fingerprint density at radius 2 is 1.66 bits per heavy atom. The Morgan fingerprint density at radius 1 is 0.909 bits per heavy atom. The molecule has 0 amide bonds. The van der Waals surface area contributed by atoms with Gasteiger partial charge >= 0.3 is 5.97 Å². The van der Waals surface area contributed by atoms with Crippen molar-refractivity contribution in [1.29, 1.82) is 5.26 Å². The number of hydrogen-bond donors (Lipinski definition) is 1. The molecule has 224 valence electrons. The largest absolute Gasteiger partial charge is 0.490 e. The Kier molecular flexibility index (Phi) is 9.06. The molecule has 4 aromatic rings. The Labute approximate surface area is 257 Å². The lowest BCUT2D eigenvalue weighted by Crippen LogP contribution is -2.22. The number of esters is 1. The molecule has 1 unspecified atom stereocenters. The van der Waals surface area contributed by atoms with E-state index in [1.807, 2.05) is 88.4 Å². The SMILES string of the molecule is CCOc1cc(C2C(C#N)=C(N)Oc3cc(OC(=O)COc4c(C)cccc4C)ccc32)ccc1OCc1ccc(C)cc1. The zero-order chi connectivity index (χ0) is 31.2. The summed E-state index contributed by atoms with van der Waals surface area (Å²) in [5, 5.41) is 10.0.